The van der Waals surface area contributed by atoms with Crippen LogP contribution in [0.25, 0.3) is 10.2 Å². The maximum Gasteiger partial charge on any atom is 0.158 e. The van der Waals surface area contributed by atoms with Crippen molar-refractivity contribution in [3.63, 3.8) is 0 Å². The van der Waals surface area contributed by atoms with Gasteiger partial charge in [-0.05, 0) is 74.3 Å². The molecule has 1 aromatic carbocycles. The van der Waals surface area contributed by atoms with Gasteiger partial charge in [0.1, 0.15) is 16.9 Å². The van der Waals surface area contributed by atoms with Gasteiger partial charge in [0.2, 0.25) is 0 Å². The van der Waals surface area contributed by atoms with Crippen LogP contribution in [-0.2, 0) is 19.3 Å². The number of benzene rings is 1. The van der Waals surface area contributed by atoms with E-state index in [4.69, 9.17) is 9.84 Å². The summed E-state index contributed by atoms with van der Waals surface area (Å²) in [5, 5.41) is 5.94. The molecule has 0 fully saturated rings. The van der Waals surface area contributed by atoms with E-state index in [1.54, 1.807) is 13.4 Å². The molecule has 0 radical (unpaired) electrons. The van der Waals surface area contributed by atoms with E-state index in [1.807, 2.05) is 17.4 Å². The molecule has 6 heteroatoms. The monoisotopic (exact) mass is 378 g/mol. The van der Waals surface area contributed by atoms with Gasteiger partial charge in [0, 0.05) is 10.4 Å². The van der Waals surface area contributed by atoms with Crippen molar-refractivity contribution in [1.29, 1.82) is 0 Å². The van der Waals surface area contributed by atoms with Gasteiger partial charge in [-0.25, -0.2) is 9.97 Å². The first-order valence-electron chi connectivity index (χ1n) is 9.58. The molecule has 0 unspecified atom stereocenters. The number of hydrogen-bond acceptors (Lipinski definition) is 6. The quantitative estimate of drug-likeness (QED) is 0.669. The lowest BCUT2D eigenvalue weighted by Crippen LogP contribution is -2.14. The summed E-state index contributed by atoms with van der Waals surface area (Å²) in [6.07, 6.45) is 9.61. The Morgan fingerprint density at radius 2 is 2.00 bits per heavy atom. The predicted molar refractivity (Wildman–Crippen MR) is 110 cm³/mol. The Morgan fingerprint density at radius 1 is 1.07 bits per heavy atom. The molecule has 0 atom stereocenters. The highest BCUT2D eigenvalue weighted by Crippen LogP contribution is 2.38. The molecule has 2 aliphatic rings. The molecule has 0 bridgehead atoms. The van der Waals surface area contributed by atoms with E-state index < -0.39 is 0 Å². The number of ether oxygens (including phenoxy) is 1. The molecule has 3 aromatic rings. The van der Waals surface area contributed by atoms with Crippen LogP contribution in [-0.4, -0.2) is 22.8 Å². The minimum Gasteiger partial charge on any atom is -0.497 e. The van der Waals surface area contributed by atoms with Crippen LogP contribution in [0.15, 0.2) is 29.6 Å². The van der Waals surface area contributed by atoms with E-state index in [0.29, 0.717) is 0 Å². The number of aromatic nitrogens is 2. The van der Waals surface area contributed by atoms with Crippen molar-refractivity contribution in [2.45, 2.75) is 44.9 Å². The zero-order valence-electron chi connectivity index (χ0n) is 15.4. The smallest absolute Gasteiger partial charge is 0.158 e. The van der Waals surface area contributed by atoms with Crippen molar-refractivity contribution in [2.24, 2.45) is 5.10 Å². The Morgan fingerprint density at radius 3 is 2.93 bits per heavy atom. The van der Waals surface area contributed by atoms with Crippen LogP contribution in [0.2, 0.25) is 0 Å². The zero-order valence-corrected chi connectivity index (χ0v) is 16.2. The fourth-order valence-corrected chi connectivity index (χ4v) is 5.41. The first-order valence-corrected chi connectivity index (χ1v) is 10.4. The summed E-state index contributed by atoms with van der Waals surface area (Å²) >= 11 is 1.81. The number of methoxy groups -OCH3 is 1. The third-order valence-electron chi connectivity index (χ3n) is 5.53. The number of nitrogens with zero attached hydrogens (tertiary/aromatic N) is 3. The summed E-state index contributed by atoms with van der Waals surface area (Å²) in [6.45, 7) is 0. The van der Waals surface area contributed by atoms with Crippen LogP contribution in [0.4, 0.5) is 5.82 Å². The fraction of sp³-hybridized carbons (Fsp3) is 0.381. The molecular formula is C21H22N4OS. The third kappa shape index (κ3) is 2.98. The van der Waals surface area contributed by atoms with Crippen LogP contribution in [0.5, 0.6) is 5.75 Å². The molecule has 138 valence electrons. The van der Waals surface area contributed by atoms with Gasteiger partial charge in [-0.15, -0.1) is 11.3 Å². The molecule has 0 spiro atoms. The lowest BCUT2D eigenvalue weighted by atomic mass is 9.90. The Bertz CT molecular complexity index is 1040. The molecule has 0 saturated carbocycles. The lowest BCUT2D eigenvalue weighted by molar-refractivity contribution is 0.414. The maximum absolute atomic E-state index is 5.37. The highest BCUT2D eigenvalue weighted by atomic mass is 32.1. The fourth-order valence-electron chi connectivity index (χ4n) is 4.18. The van der Waals surface area contributed by atoms with Crippen LogP contribution in [0.3, 0.4) is 0 Å². The largest absolute Gasteiger partial charge is 0.497 e. The van der Waals surface area contributed by atoms with Gasteiger partial charge < -0.3 is 4.74 Å². The first kappa shape index (κ1) is 16.7. The van der Waals surface area contributed by atoms with Gasteiger partial charge >= 0.3 is 0 Å². The van der Waals surface area contributed by atoms with E-state index in [1.165, 1.54) is 46.2 Å². The molecule has 5 rings (SSSR count). The van der Waals surface area contributed by atoms with Crippen molar-refractivity contribution < 1.29 is 4.74 Å². The number of anilines is 1. The molecule has 1 N–H and O–H groups in total. The summed E-state index contributed by atoms with van der Waals surface area (Å²) in [5.41, 5.74) is 8.32. The van der Waals surface area contributed by atoms with Crippen LogP contribution in [0, 0.1) is 0 Å². The first-order chi connectivity index (χ1) is 13.3. The average Bonchev–Trinajstić information content (AvgIpc) is 3.11. The lowest BCUT2D eigenvalue weighted by Gasteiger charge is -2.19. The van der Waals surface area contributed by atoms with Gasteiger partial charge in [-0.2, -0.15) is 5.10 Å². The number of nitrogens with one attached hydrogen (secondary N) is 1. The molecule has 0 amide bonds. The highest BCUT2D eigenvalue weighted by Gasteiger charge is 2.20. The minimum absolute atomic E-state index is 0.840. The van der Waals surface area contributed by atoms with Crippen molar-refractivity contribution in [2.75, 3.05) is 12.5 Å². The SMILES string of the molecule is COc1ccc2c(c1)CCC/C2=N\Nc1ncnc2sc3c(c12)CCCC3. The van der Waals surface area contributed by atoms with Gasteiger partial charge in [0.25, 0.3) is 0 Å². The van der Waals surface area contributed by atoms with E-state index in [-0.39, 0.29) is 0 Å². The Balaban J connectivity index is 1.51. The second-order valence-corrected chi connectivity index (χ2v) is 8.24. The van der Waals surface area contributed by atoms with Crippen LogP contribution < -0.4 is 10.2 Å². The van der Waals surface area contributed by atoms with Crippen LogP contribution in [0.1, 0.15) is 47.3 Å². The standard InChI is InChI=1S/C21H22N4OS/c1-26-14-9-10-15-13(11-14)5-4-7-17(15)24-25-20-19-16-6-2-3-8-18(16)27-21(19)23-12-22-20/h9-12H,2-8H2,1H3,(H,22,23,25)/b24-17+. The molecular weight excluding hydrogens is 356 g/mol. The maximum atomic E-state index is 5.37. The molecule has 0 aliphatic heterocycles. The summed E-state index contributed by atoms with van der Waals surface area (Å²) in [6, 6.07) is 6.26. The minimum atomic E-state index is 0.840. The van der Waals surface area contributed by atoms with Crippen molar-refractivity contribution in [3.05, 3.63) is 46.1 Å². The van der Waals surface area contributed by atoms with Gasteiger partial charge in [-0.3, -0.25) is 5.43 Å². The molecule has 2 aromatic heterocycles. The summed E-state index contributed by atoms with van der Waals surface area (Å²) < 4.78 is 5.37. The average molecular weight is 379 g/mol. The second-order valence-electron chi connectivity index (χ2n) is 7.16. The molecule has 0 saturated heterocycles. The molecule has 2 heterocycles. The number of hydrazone groups is 1. The number of hydrogen-bond donors (Lipinski definition) is 1. The third-order valence-corrected chi connectivity index (χ3v) is 6.73. The Kier molecular flexibility index (Phi) is 4.28. The Hall–Kier alpha value is -2.47. The topological polar surface area (TPSA) is 59.4 Å². The summed E-state index contributed by atoms with van der Waals surface area (Å²) in [5.74, 6) is 1.75. The predicted octanol–water partition coefficient (Wildman–Crippen LogP) is 4.73. The van der Waals surface area contributed by atoms with Gasteiger partial charge in [0.15, 0.2) is 5.82 Å². The van der Waals surface area contributed by atoms with Crippen LogP contribution >= 0.6 is 11.3 Å². The van der Waals surface area contributed by atoms with Crippen molar-refractivity contribution >= 4 is 33.1 Å². The summed E-state index contributed by atoms with van der Waals surface area (Å²) in [7, 11) is 1.71. The molecule has 2 aliphatic carbocycles. The normalized spacial score (nSPS) is 17.6. The van der Waals surface area contributed by atoms with Crippen molar-refractivity contribution in [1.82, 2.24) is 9.97 Å². The summed E-state index contributed by atoms with van der Waals surface area (Å²) in [4.78, 5) is 11.6. The van der Waals surface area contributed by atoms with Crippen molar-refractivity contribution in [3.8, 4) is 5.75 Å². The number of thiophene rings is 1. The number of rotatable bonds is 3. The second kappa shape index (κ2) is 6.93. The number of aryl methyl sites for hydroxylation is 3. The van der Waals surface area contributed by atoms with Gasteiger partial charge in [0.05, 0.1) is 18.2 Å². The molecule has 5 nitrogen and oxygen atoms in total. The highest BCUT2D eigenvalue weighted by molar-refractivity contribution is 7.19. The number of fused-ring (bicyclic) bond motifs is 4. The van der Waals surface area contributed by atoms with E-state index in [9.17, 15) is 0 Å². The van der Waals surface area contributed by atoms with E-state index in [0.717, 1.165) is 47.8 Å². The van der Waals surface area contributed by atoms with E-state index in [2.05, 4.69) is 27.5 Å². The molecule has 27 heavy (non-hydrogen) atoms. The van der Waals surface area contributed by atoms with E-state index >= 15 is 0 Å². The van der Waals surface area contributed by atoms with Gasteiger partial charge in [-0.1, -0.05) is 0 Å². The zero-order chi connectivity index (χ0) is 18.2. The Labute approximate surface area is 162 Å².